The summed E-state index contributed by atoms with van der Waals surface area (Å²) in [4.78, 5) is 16.2. The summed E-state index contributed by atoms with van der Waals surface area (Å²) in [6, 6.07) is 5.03. The van der Waals surface area contributed by atoms with Crippen LogP contribution in [0.2, 0.25) is 0 Å². The maximum absolute atomic E-state index is 13.4. The number of benzene rings is 1. The molecular weight excluding hydrogens is 335 g/mol. The monoisotopic (exact) mass is 364 g/mol. The van der Waals surface area contributed by atoms with E-state index in [0.717, 1.165) is 24.9 Å². The number of hydrogen-bond acceptors (Lipinski definition) is 3. The average molecular weight is 364 g/mol. The molecule has 6 nitrogen and oxygen atoms in total. The van der Waals surface area contributed by atoms with Gasteiger partial charge in [0.25, 0.3) is 0 Å². The lowest BCUT2D eigenvalue weighted by Gasteiger charge is -2.20. The summed E-state index contributed by atoms with van der Waals surface area (Å²) in [5, 5.41) is 9.39. The SMILES string of the molecule is CCNC(=NCc1ccc(F)c(C)c1)NCC(NC(=O)OCC)C1CC1. The third-order valence-electron chi connectivity index (χ3n) is 4.25. The van der Waals surface area contributed by atoms with Crippen LogP contribution in [0.1, 0.15) is 37.8 Å². The standard InChI is InChI=1S/C19H29FN4O2/c1-4-21-18(22-11-14-6-9-16(20)13(3)10-14)23-12-17(15-7-8-15)24-19(25)26-5-2/h6,9-10,15,17H,4-5,7-8,11-12H2,1-3H3,(H,24,25)(H2,21,22,23). The summed E-state index contributed by atoms with van der Waals surface area (Å²) in [6.45, 7) is 7.65. The molecule has 26 heavy (non-hydrogen) atoms. The van der Waals surface area contributed by atoms with E-state index in [0.29, 0.717) is 37.1 Å². The predicted octanol–water partition coefficient (Wildman–Crippen LogP) is 2.71. The summed E-state index contributed by atoms with van der Waals surface area (Å²) < 4.78 is 18.3. The number of aliphatic imine (C=N–C) groups is 1. The van der Waals surface area contributed by atoms with Gasteiger partial charge in [0.1, 0.15) is 5.82 Å². The van der Waals surface area contributed by atoms with E-state index in [1.807, 2.05) is 6.92 Å². The highest BCUT2D eigenvalue weighted by molar-refractivity contribution is 5.79. The molecule has 0 spiro atoms. The number of halogens is 1. The molecule has 0 heterocycles. The molecule has 0 aromatic heterocycles. The fourth-order valence-corrected chi connectivity index (χ4v) is 2.68. The van der Waals surface area contributed by atoms with Crippen LogP contribution in [0.25, 0.3) is 0 Å². The zero-order valence-electron chi connectivity index (χ0n) is 15.8. The van der Waals surface area contributed by atoms with E-state index in [-0.39, 0.29) is 18.0 Å². The van der Waals surface area contributed by atoms with Crippen molar-refractivity contribution in [3.05, 3.63) is 35.1 Å². The van der Waals surface area contributed by atoms with Gasteiger partial charge in [-0.25, -0.2) is 14.2 Å². The molecule has 2 rings (SSSR count). The maximum Gasteiger partial charge on any atom is 0.407 e. The molecule has 144 valence electrons. The fraction of sp³-hybridized carbons (Fsp3) is 0.579. The van der Waals surface area contributed by atoms with Crippen LogP contribution in [-0.2, 0) is 11.3 Å². The number of nitrogens with one attached hydrogen (secondary N) is 3. The zero-order chi connectivity index (χ0) is 18.9. The Morgan fingerprint density at radius 2 is 2.12 bits per heavy atom. The van der Waals surface area contributed by atoms with Crippen molar-refractivity contribution in [1.82, 2.24) is 16.0 Å². The largest absolute Gasteiger partial charge is 0.450 e. The molecule has 3 N–H and O–H groups in total. The molecule has 1 atom stereocenters. The molecule has 0 saturated heterocycles. The van der Waals surface area contributed by atoms with Crippen molar-refractivity contribution in [1.29, 1.82) is 0 Å². The van der Waals surface area contributed by atoms with Gasteiger partial charge in [0.05, 0.1) is 19.2 Å². The molecule has 1 aliphatic rings. The molecule has 0 radical (unpaired) electrons. The molecule has 1 unspecified atom stereocenters. The topological polar surface area (TPSA) is 74.8 Å². The summed E-state index contributed by atoms with van der Waals surface area (Å²) >= 11 is 0. The highest BCUT2D eigenvalue weighted by atomic mass is 19.1. The van der Waals surface area contributed by atoms with E-state index >= 15 is 0 Å². The van der Waals surface area contributed by atoms with E-state index in [4.69, 9.17) is 4.74 Å². The van der Waals surface area contributed by atoms with Gasteiger partial charge >= 0.3 is 6.09 Å². The lowest BCUT2D eigenvalue weighted by molar-refractivity contribution is 0.146. The van der Waals surface area contributed by atoms with Crippen LogP contribution in [0.15, 0.2) is 23.2 Å². The van der Waals surface area contributed by atoms with E-state index in [9.17, 15) is 9.18 Å². The number of carbonyl (C=O) groups is 1. The minimum atomic E-state index is -0.380. The number of amides is 1. The molecule has 1 amide bonds. The summed E-state index contributed by atoms with van der Waals surface area (Å²) in [6.07, 6.45) is 1.85. The molecule has 1 saturated carbocycles. The first-order valence-electron chi connectivity index (χ1n) is 9.24. The Bertz CT molecular complexity index is 632. The quantitative estimate of drug-likeness (QED) is 0.490. The lowest BCUT2D eigenvalue weighted by atomic mass is 10.1. The van der Waals surface area contributed by atoms with E-state index in [1.165, 1.54) is 6.07 Å². The summed E-state index contributed by atoms with van der Waals surface area (Å²) in [7, 11) is 0. The Labute approximate surface area is 154 Å². The van der Waals surface area contributed by atoms with E-state index in [2.05, 4.69) is 20.9 Å². The molecule has 1 fully saturated rings. The Balaban J connectivity index is 1.92. The van der Waals surface area contributed by atoms with Gasteiger partial charge in [0.2, 0.25) is 0 Å². The van der Waals surface area contributed by atoms with Crippen molar-refractivity contribution in [3.63, 3.8) is 0 Å². The molecule has 1 aliphatic carbocycles. The fourth-order valence-electron chi connectivity index (χ4n) is 2.68. The second kappa shape index (κ2) is 9.99. The maximum atomic E-state index is 13.4. The van der Waals surface area contributed by atoms with Crippen LogP contribution in [0.3, 0.4) is 0 Å². The van der Waals surface area contributed by atoms with Crippen molar-refractivity contribution in [2.75, 3.05) is 19.7 Å². The molecule has 0 aliphatic heterocycles. The first-order chi connectivity index (χ1) is 12.5. The van der Waals surface area contributed by atoms with Gasteiger partial charge in [0, 0.05) is 13.1 Å². The lowest BCUT2D eigenvalue weighted by Crippen LogP contribution is -2.48. The van der Waals surface area contributed by atoms with Gasteiger partial charge in [-0.15, -0.1) is 0 Å². The number of ether oxygens (including phenoxy) is 1. The van der Waals surface area contributed by atoms with Gasteiger partial charge in [-0.2, -0.15) is 0 Å². The van der Waals surface area contributed by atoms with Crippen LogP contribution in [0.5, 0.6) is 0 Å². The normalized spacial score (nSPS) is 15.3. The number of hydrogen-bond donors (Lipinski definition) is 3. The number of alkyl carbamates (subject to hydrolysis) is 1. The number of nitrogens with zero attached hydrogens (tertiary/aromatic N) is 1. The average Bonchev–Trinajstić information content (AvgIpc) is 3.44. The van der Waals surface area contributed by atoms with Crippen molar-refractivity contribution in [3.8, 4) is 0 Å². The van der Waals surface area contributed by atoms with Gasteiger partial charge in [-0.05, 0) is 56.7 Å². The van der Waals surface area contributed by atoms with Crippen LogP contribution in [-0.4, -0.2) is 37.8 Å². The van der Waals surface area contributed by atoms with E-state index in [1.54, 1.807) is 26.0 Å². The molecule has 7 heteroatoms. The second-order valence-electron chi connectivity index (χ2n) is 6.47. The summed E-state index contributed by atoms with van der Waals surface area (Å²) in [5.41, 5.74) is 1.56. The highest BCUT2D eigenvalue weighted by Crippen LogP contribution is 2.32. The smallest absolute Gasteiger partial charge is 0.407 e. The Hall–Kier alpha value is -2.31. The van der Waals surface area contributed by atoms with Crippen LogP contribution in [0.4, 0.5) is 9.18 Å². The Morgan fingerprint density at radius 1 is 1.35 bits per heavy atom. The van der Waals surface area contributed by atoms with Crippen molar-refractivity contribution in [2.45, 2.75) is 46.2 Å². The predicted molar refractivity (Wildman–Crippen MR) is 101 cm³/mol. The number of guanidine groups is 1. The number of rotatable bonds is 8. The molecule has 1 aromatic carbocycles. The van der Waals surface area contributed by atoms with Crippen LogP contribution in [0, 0.1) is 18.7 Å². The Morgan fingerprint density at radius 3 is 2.73 bits per heavy atom. The zero-order valence-corrected chi connectivity index (χ0v) is 15.8. The Kier molecular flexibility index (Phi) is 7.69. The third-order valence-corrected chi connectivity index (χ3v) is 4.25. The second-order valence-corrected chi connectivity index (χ2v) is 6.47. The third kappa shape index (κ3) is 6.54. The first kappa shape index (κ1) is 20.0. The van der Waals surface area contributed by atoms with Gasteiger partial charge in [0.15, 0.2) is 5.96 Å². The van der Waals surface area contributed by atoms with Crippen LogP contribution >= 0.6 is 0 Å². The van der Waals surface area contributed by atoms with E-state index < -0.39 is 0 Å². The van der Waals surface area contributed by atoms with Crippen molar-refractivity contribution in [2.24, 2.45) is 10.9 Å². The summed E-state index contributed by atoms with van der Waals surface area (Å²) in [5.74, 6) is 0.945. The van der Waals surface area contributed by atoms with Gasteiger partial charge in [-0.1, -0.05) is 12.1 Å². The number of carbonyl (C=O) groups excluding carboxylic acids is 1. The highest BCUT2D eigenvalue weighted by Gasteiger charge is 2.32. The van der Waals surface area contributed by atoms with Gasteiger partial charge in [-0.3, -0.25) is 0 Å². The van der Waals surface area contributed by atoms with Gasteiger partial charge < -0.3 is 20.7 Å². The molecule has 1 aromatic rings. The van der Waals surface area contributed by atoms with Crippen LogP contribution < -0.4 is 16.0 Å². The van der Waals surface area contributed by atoms with Crippen molar-refractivity contribution >= 4 is 12.1 Å². The molecular formula is C19H29FN4O2. The van der Waals surface area contributed by atoms with Crippen molar-refractivity contribution < 1.29 is 13.9 Å². The minimum Gasteiger partial charge on any atom is -0.450 e. The molecule has 0 bridgehead atoms. The minimum absolute atomic E-state index is 0.0194. The first-order valence-corrected chi connectivity index (χ1v) is 9.24. The number of aryl methyl sites for hydroxylation is 1.